The highest BCUT2D eigenvalue weighted by Crippen LogP contribution is 2.14. The van der Waals surface area contributed by atoms with Crippen LogP contribution in [0.5, 0.6) is 0 Å². The molecule has 0 aromatic heterocycles. The van der Waals surface area contributed by atoms with Gasteiger partial charge in [-0.2, -0.15) is 13.2 Å². The van der Waals surface area contributed by atoms with Crippen molar-refractivity contribution in [1.29, 1.82) is 0 Å². The molecule has 136 valence electrons. The minimum absolute atomic E-state index is 0.0371. The number of hydrogen-bond donors (Lipinski definition) is 1. The van der Waals surface area contributed by atoms with E-state index in [1.54, 1.807) is 9.80 Å². The van der Waals surface area contributed by atoms with Gasteiger partial charge in [0, 0.05) is 26.2 Å². The van der Waals surface area contributed by atoms with Gasteiger partial charge < -0.3 is 19.5 Å². The van der Waals surface area contributed by atoms with Crippen LogP contribution in [0, 0.1) is 0 Å². The van der Waals surface area contributed by atoms with E-state index in [-0.39, 0.29) is 51.0 Å². The molecule has 1 saturated heterocycles. The largest absolute Gasteiger partial charge is 0.411 e. The molecule has 1 heterocycles. The van der Waals surface area contributed by atoms with Gasteiger partial charge in [-0.25, -0.2) is 0 Å². The number of nitrogens with zero attached hydrogens (tertiary/aromatic N) is 2. The van der Waals surface area contributed by atoms with Crippen molar-refractivity contribution in [3.8, 4) is 0 Å². The van der Waals surface area contributed by atoms with Crippen molar-refractivity contribution < 1.29 is 32.5 Å². The molecule has 23 heavy (non-hydrogen) atoms. The zero-order valence-electron chi connectivity index (χ0n) is 13.5. The highest BCUT2D eigenvalue weighted by Gasteiger charge is 2.28. The molecule has 1 aliphatic rings. The van der Waals surface area contributed by atoms with Gasteiger partial charge in [-0.15, -0.1) is 0 Å². The lowest BCUT2D eigenvalue weighted by Gasteiger charge is -2.36. The lowest BCUT2D eigenvalue weighted by atomic mass is 10.2. The summed E-state index contributed by atoms with van der Waals surface area (Å²) in [6, 6.07) is 0. The number of alkyl halides is 3. The molecular weight excluding hydrogens is 317 g/mol. The van der Waals surface area contributed by atoms with Gasteiger partial charge in [-0.1, -0.05) is 0 Å². The first kappa shape index (κ1) is 20.1. The highest BCUT2D eigenvalue weighted by molar-refractivity contribution is 5.78. The minimum Gasteiger partial charge on any atom is -0.395 e. The smallest absolute Gasteiger partial charge is 0.395 e. The van der Waals surface area contributed by atoms with E-state index in [2.05, 4.69) is 4.74 Å². The van der Waals surface area contributed by atoms with Crippen molar-refractivity contribution in [2.75, 3.05) is 52.5 Å². The summed E-state index contributed by atoms with van der Waals surface area (Å²) < 4.78 is 46.1. The van der Waals surface area contributed by atoms with Crippen LogP contribution >= 0.6 is 0 Å². The van der Waals surface area contributed by atoms with Crippen molar-refractivity contribution in [2.24, 2.45) is 0 Å². The predicted octanol–water partition coefficient (Wildman–Crippen LogP) is 0.495. The normalized spacial score (nSPS) is 22.7. The summed E-state index contributed by atoms with van der Waals surface area (Å²) >= 11 is 0. The monoisotopic (exact) mass is 342 g/mol. The third-order valence-electron chi connectivity index (χ3n) is 3.36. The van der Waals surface area contributed by atoms with Crippen molar-refractivity contribution in [3.05, 3.63) is 0 Å². The van der Waals surface area contributed by atoms with E-state index in [0.717, 1.165) is 0 Å². The first-order valence-electron chi connectivity index (χ1n) is 7.62. The fraction of sp³-hybridized carbons (Fsp3) is 0.929. The second kappa shape index (κ2) is 9.41. The first-order valence-corrected chi connectivity index (χ1v) is 7.62. The maximum atomic E-state index is 12.3. The Kier molecular flexibility index (Phi) is 8.24. The first-order chi connectivity index (χ1) is 10.7. The van der Waals surface area contributed by atoms with Gasteiger partial charge in [-0.05, 0) is 13.8 Å². The quantitative estimate of drug-likeness (QED) is 0.651. The fourth-order valence-corrected chi connectivity index (χ4v) is 2.47. The summed E-state index contributed by atoms with van der Waals surface area (Å²) in [7, 11) is 0. The second-order valence-electron chi connectivity index (χ2n) is 5.72. The van der Waals surface area contributed by atoms with E-state index in [9.17, 15) is 18.0 Å². The Bertz CT molecular complexity index is 358. The minimum atomic E-state index is -4.36. The van der Waals surface area contributed by atoms with Crippen LogP contribution in [0.15, 0.2) is 0 Å². The molecule has 0 aromatic rings. The predicted molar refractivity (Wildman–Crippen MR) is 77.0 cm³/mol. The summed E-state index contributed by atoms with van der Waals surface area (Å²) in [4.78, 5) is 15.6. The average molecular weight is 342 g/mol. The van der Waals surface area contributed by atoms with E-state index >= 15 is 0 Å². The van der Waals surface area contributed by atoms with E-state index in [1.165, 1.54) is 0 Å². The number of amides is 1. The molecule has 9 heteroatoms. The number of rotatable bonds is 8. The van der Waals surface area contributed by atoms with Gasteiger partial charge in [0.15, 0.2) is 0 Å². The molecule has 0 aliphatic carbocycles. The number of carbonyl (C=O) groups is 1. The van der Waals surface area contributed by atoms with Crippen LogP contribution in [0.4, 0.5) is 13.2 Å². The van der Waals surface area contributed by atoms with Gasteiger partial charge in [0.25, 0.3) is 0 Å². The SMILES string of the molecule is CC1CN(C(=O)CN(CCO)CCOCC(F)(F)F)CC(C)O1. The fourth-order valence-electron chi connectivity index (χ4n) is 2.47. The summed E-state index contributed by atoms with van der Waals surface area (Å²) in [6.45, 7) is 3.49. The molecule has 1 fully saturated rings. The Balaban J connectivity index is 2.40. The molecule has 0 radical (unpaired) electrons. The maximum Gasteiger partial charge on any atom is 0.411 e. The molecule has 0 aromatic carbocycles. The molecule has 1 N–H and O–H groups in total. The van der Waals surface area contributed by atoms with Gasteiger partial charge in [0.05, 0.1) is 32.0 Å². The number of carbonyl (C=O) groups excluding carboxylic acids is 1. The zero-order valence-corrected chi connectivity index (χ0v) is 13.5. The topological polar surface area (TPSA) is 62.2 Å². The Hall–Kier alpha value is -0.900. The number of hydrogen-bond acceptors (Lipinski definition) is 5. The molecule has 1 rings (SSSR count). The van der Waals surface area contributed by atoms with Crippen molar-refractivity contribution in [3.63, 3.8) is 0 Å². The van der Waals surface area contributed by atoms with E-state index < -0.39 is 12.8 Å². The van der Waals surface area contributed by atoms with Crippen LogP contribution in [0.2, 0.25) is 0 Å². The van der Waals surface area contributed by atoms with Crippen LogP contribution < -0.4 is 0 Å². The van der Waals surface area contributed by atoms with E-state index in [4.69, 9.17) is 9.84 Å². The maximum absolute atomic E-state index is 12.3. The lowest BCUT2D eigenvalue weighted by Crippen LogP contribution is -2.51. The number of aliphatic hydroxyl groups excluding tert-OH is 1. The molecule has 0 bridgehead atoms. The molecular formula is C14H25F3N2O4. The molecule has 1 amide bonds. The standard InChI is InChI=1S/C14H25F3N2O4/c1-11-7-19(8-12(2)23-11)13(21)9-18(3-5-20)4-6-22-10-14(15,16)17/h11-12,20H,3-10H2,1-2H3. The summed E-state index contributed by atoms with van der Waals surface area (Å²) in [5.74, 6) is -0.128. The Labute approximate surface area is 134 Å². The van der Waals surface area contributed by atoms with Crippen LogP contribution in [-0.4, -0.2) is 91.7 Å². The van der Waals surface area contributed by atoms with Gasteiger partial charge >= 0.3 is 6.18 Å². The summed E-state index contributed by atoms with van der Waals surface area (Å²) in [5.41, 5.74) is 0. The molecule has 2 unspecified atom stereocenters. The summed E-state index contributed by atoms with van der Waals surface area (Å²) in [5, 5.41) is 9.02. The molecule has 1 aliphatic heterocycles. The van der Waals surface area contributed by atoms with Crippen LogP contribution in [0.25, 0.3) is 0 Å². The van der Waals surface area contributed by atoms with E-state index in [0.29, 0.717) is 13.1 Å². The molecule has 0 saturated carbocycles. The summed E-state index contributed by atoms with van der Waals surface area (Å²) in [6.07, 6.45) is -4.47. The molecule has 0 spiro atoms. The average Bonchev–Trinajstić information content (AvgIpc) is 2.41. The van der Waals surface area contributed by atoms with Crippen molar-refractivity contribution in [1.82, 2.24) is 9.80 Å². The Morgan fingerprint density at radius 1 is 1.30 bits per heavy atom. The second-order valence-corrected chi connectivity index (χ2v) is 5.72. The van der Waals surface area contributed by atoms with Crippen LogP contribution in [-0.2, 0) is 14.3 Å². The zero-order chi connectivity index (χ0) is 17.5. The number of aliphatic hydroxyl groups is 1. The van der Waals surface area contributed by atoms with Crippen molar-refractivity contribution >= 4 is 5.91 Å². The van der Waals surface area contributed by atoms with Gasteiger partial charge in [0.2, 0.25) is 5.91 Å². The third-order valence-corrected chi connectivity index (χ3v) is 3.36. The number of ether oxygens (including phenoxy) is 2. The van der Waals surface area contributed by atoms with Gasteiger partial charge in [-0.3, -0.25) is 9.69 Å². The number of halogens is 3. The highest BCUT2D eigenvalue weighted by atomic mass is 19.4. The van der Waals surface area contributed by atoms with Crippen molar-refractivity contribution in [2.45, 2.75) is 32.2 Å². The third kappa shape index (κ3) is 8.50. The Morgan fingerprint density at radius 3 is 2.43 bits per heavy atom. The Morgan fingerprint density at radius 2 is 1.91 bits per heavy atom. The van der Waals surface area contributed by atoms with Crippen LogP contribution in [0.1, 0.15) is 13.8 Å². The number of morpholine rings is 1. The van der Waals surface area contributed by atoms with Gasteiger partial charge in [0.1, 0.15) is 6.61 Å². The van der Waals surface area contributed by atoms with E-state index in [1.807, 2.05) is 13.8 Å². The molecule has 2 atom stereocenters. The lowest BCUT2D eigenvalue weighted by molar-refractivity contribution is -0.175. The van der Waals surface area contributed by atoms with Crippen LogP contribution in [0.3, 0.4) is 0 Å². The molecule has 6 nitrogen and oxygen atoms in total.